The molecule has 0 unspecified atom stereocenters. The molecule has 0 aliphatic rings. The SMILES string of the molecule is c1ccc(-c2cc(-c3cccc4c3oc3cccc(-c5nc(-c6ccccc6)nc(-c6ccccc6)n5)c34)c3sc4ccccc4c3c2)cc1. The van der Waals surface area contributed by atoms with Gasteiger partial charge in [-0.05, 0) is 35.4 Å². The number of hydrogen-bond acceptors (Lipinski definition) is 5. The molecule has 50 heavy (non-hydrogen) atoms. The van der Waals surface area contributed by atoms with Crippen molar-refractivity contribution in [2.75, 3.05) is 0 Å². The van der Waals surface area contributed by atoms with Gasteiger partial charge in [0.1, 0.15) is 11.2 Å². The number of fused-ring (bicyclic) bond motifs is 6. The largest absolute Gasteiger partial charge is 0.455 e. The molecule has 10 rings (SSSR count). The molecule has 0 fully saturated rings. The average Bonchev–Trinajstić information content (AvgIpc) is 3.77. The molecule has 0 bridgehead atoms. The first-order valence-corrected chi connectivity index (χ1v) is 17.4. The van der Waals surface area contributed by atoms with E-state index in [2.05, 4.69) is 91.0 Å². The summed E-state index contributed by atoms with van der Waals surface area (Å²) in [5.74, 6) is 1.86. The molecule has 0 N–H and O–H groups in total. The predicted molar refractivity (Wildman–Crippen MR) is 207 cm³/mol. The third-order valence-electron chi connectivity index (χ3n) is 9.34. The van der Waals surface area contributed by atoms with Crippen LogP contribution in [0.15, 0.2) is 168 Å². The molecule has 0 saturated heterocycles. The summed E-state index contributed by atoms with van der Waals surface area (Å²) >= 11 is 1.83. The lowest BCUT2D eigenvalue weighted by atomic mass is 9.94. The van der Waals surface area contributed by atoms with E-state index >= 15 is 0 Å². The van der Waals surface area contributed by atoms with Crippen LogP contribution in [0.4, 0.5) is 0 Å². The Hall–Kier alpha value is -6.43. The number of aromatic nitrogens is 3. The summed E-state index contributed by atoms with van der Waals surface area (Å²) in [5, 5.41) is 4.53. The van der Waals surface area contributed by atoms with Crippen LogP contribution >= 0.6 is 11.3 Å². The normalized spacial score (nSPS) is 11.6. The topological polar surface area (TPSA) is 51.8 Å². The number of para-hydroxylation sites is 1. The second-order valence-electron chi connectivity index (χ2n) is 12.4. The maximum atomic E-state index is 6.83. The molecule has 0 aliphatic heterocycles. The molecular weight excluding hydrogens is 631 g/mol. The molecule has 0 spiro atoms. The number of nitrogens with zero attached hydrogens (tertiary/aromatic N) is 3. The molecule has 5 heteroatoms. The number of thiophene rings is 1. The van der Waals surface area contributed by atoms with Crippen molar-refractivity contribution in [2.45, 2.75) is 0 Å². The summed E-state index contributed by atoms with van der Waals surface area (Å²) in [7, 11) is 0. The summed E-state index contributed by atoms with van der Waals surface area (Å²) in [6, 6.07) is 56.7. The minimum atomic E-state index is 0.606. The zero-order chi connectivity index (χ0) is 33.0. The molecule has 7 aromatic carbocycles. The Kier molecular flexibility index (Phi) is 6.64. The summed E-state index contributed by atoms with van der Waals surface area (Å²) in [6.45, 7) is 0. The fraction of sp³-hybridized carbons (Fsp3) is 0. The zero-order valence-corrected chi connectivity index (χ0v) is 27.6. The Balaban J connectivity index is 1.23. The number of benzene rings is 7. The lowest BCUT2D eigenvalue weighted by molar-refractivity contribution is 0.670. The van der Waals surface area contributed by atoms with E-state index < -0.39 is 0 Å². The Bertz CT molecular complexity index is 2800. The van der Waals surface area contributed by atoms with Crippen LogP contribution in [0.3, 0.4) is 0 Å². The van der Waals surface area contributed by atoms with Gasteiger partial charge in [0.25, 0.3) is 0 Å². The average molecular weight is 658 g/mol. The second-order valence-corrected chi connectivity index (χ2v) is 13.4. The van der Waals surface area contributed by atoms with E-state index in [1.807, 2.05) is 84.1 Å². The third-order valence-corrected chi connectivity index (χ3v) is 10.6. The van der Waals surface area contributed by atoms with Crippen molar-refractivity contribution in [1.82, 2.24) is 15.0 Å². The fourth-order valence-electron chi connectivity index (χ4n) is 7.00. The van der Waals surface area contributed by atoms with Crippen molar-refractivity contribution in [3.8, 4) is 56.4 Å². The van der Waals surface area contributed by atoms with E-state index in [9.17, 15) is 0 Å². The highest BCUT2D eigenvalue weighted by atomic mass is 32.1. The molecular formula is C45H27N3OS. The van der Waals surface area contributed by atoms with Crippen LogP contribution in [-0.4, -0.2) is 15.0 Å². The summed E-state index contributed by atoms with van der Waals surface area (Å²) < 4.78 is 9.35. The van der Waals surface area contributed by atoms with Crippen LogP contribution in [0.5, 0.6) is 0 Å². The molecule has 234 valence electrons. The van der Waals surface area contributed by atoms with Gasteiger partial charge < -0.3 is 4.42 Å². The van der Waals surface area contributed by atoms with E-state index in [-0.39, 0.29) is 0 Å². The van der Waals surface area contributed by atoms with Crippen LogP contribution in [-0.2, 0) is 0 Å². The van der Waals surface area contributed by atoms with Gasteiger partial charge in [-0.15, -0.1) is 11.3 Å². The first-order chi connectivity index (χ1) is 24.8. The van der Waals surface area contributed by atoms with E-state index in [0.29, 0.717) is 17.5 Å². The molecule has 10 aromatic rings. The van der Waals surface area contributed by atoms with Crippen LogP contribution in [0, 0.1) is 0 Å². The van der Waals surface area contributed by atoms with E-state index in [0.717, 1.165) is 49.8 Å². The van der Waals surface area contributed by atoms with Gasteiger partial charge >= 0.3 is 0 Å². The molecule has 4 nitrogen and oxygen atoms in total. The molecule has 0 radical (unpaired) electrons. The minimum absolute atomic E-state index is 0.606. The molecule has 0 saturated carbocycles. The summed E-state index contributed by atoms with van der Waals surface area (Å²) in [6.07, 6.45) is 0. The first-order valence-electron chi connectivity index (χ1n) is 16.6. The summed E-state index contributed by atoms with van der Waals surface area (Å²) in [4.78, 5) is 15.0. The van der Waals surface area contributed by atoms with Gasteiger partial charge in [0.15, 0.2) is 17.5 Å². The minimum Gasteiger partial charge on any atom is -0.455 e. The van der Waals surface area contributed by atoms with Crippen molar-refractivity contribution in [1.29, 1.82) is 0 Å². The van der Waals surface area contributed by atoms with Crippen LogP contribution in [0.1, 0.15) is 0 Å². The number of furan rings is 1. The van der Waals surface area contributed by atoms with Gasteiger partial charge in [-0.25, -0.2) is 15.0 Å². The third kappa shape index (κ3) is 4.71. The maximum absolute atomic E-state index is 6.83. The molecule has 3 aromatic heterocycles. The van der Waals surface area contributed by atoms with Gasteiger partial charge in [0.2, 0.25) is 0 Å². The Morgan fingerprint density at radius 3 is 1.70 bits per heavy atom. The van der Waals surface area contributed by atoms with E-state index in [4.69, 9.17) is 19.4 Å². The number of hydrogen-bond donors (Lipinski definition) is 0. The Morgan fingerprint density at radius 1 is 0.400 bits per heavy atom. The lowest BCUT2D eigenvalue weighted by Gasteiger charge is -2.10. The first kappa shape index (κ1) is 28.6. The monoisotopic (exact) mass is 657 g/mol. The quantitative estimate of drug-likeness (QED) is 0.185. The van der Waals surface area contributed by atoms with E-state index in [1.165, 1.54) is 31.3 Å². The maximum Gasteiger partial charge on any atom is 0.164 e. The standard InChI is InChI=1S/C45H27N3OS/c1-4-14-28(15-5-1)31-26-36-32-20-10-11-25-39(32)50-42(36)37(27-31)33-21-12-22-34-40-35(23-13-24-38(40)49-41(33)34)45-47-43(29-16-6-2-7-17-29)46-44(48-45)30-18-8-3-9-19-30/h1-27H. The van der Waals surface area contributed by atoms with Gasteiger partial charge in [-0.2, -0.15) is 0 Å². The molecule has 0 amide bonds. The molecule has 3 heterocycles. The van der Waals surface area contributed by atoms with Gasteiger partial charge in [-0.1, -0.05) is 140 Å². The second kappa shape index (κ2) is 11.6. The van der Waals surface area contributed by atoms with Crippen molar-refractivity contribution >= 4 is 53.4 Å². The van der Waals surface area contributed by atoms with Crippen molar-refractivity contribution in [3.63, 3.8) is 0 Å². The van der Waals surface area contributed by atoms with Crippen LogP contribution < -0.4 is 0 Å². The lowest BCUT2D eigenvalue weighted by Crippen LogP contribution is -2.00. The van der Waals surface area contributed by atoms with Crippen molar-refractivity contribution in [2.24, 2.45) is 0 Å². The van der Waals surface area contributed by atoms with Crippen LogP contribution in [0.25, 0.3) is 98.5 Å². The smallest absolute Gasteiger partial charge is 0.164 e. The van der Waals surface area contributed by atoms with Crippen molar-refractivity contribution < 1.29 is 4.42 Å². The highest BCUT2D eigenvalue weighted by molar-refractivity contribution is 7.26. The van der Waals surface area contributed by atoms with Gasteiger partial charge in [-0.3, -0.25) is 0 Å². The fourth-order valence-corrected chi connectivity index (χ4v) is 8.21. The zero-order valence-electron chi connectivity index (χ0n) is 26.7. The highest BCUT2D eigenvalue weighted by Crippen LogP contribution is 2.46. The number of rotatable bonds is 5. The Labute approximate surface area is 292 Å². The highest BCUT2D eigenvalue weighted by Gasteiger charge is 2.21. The van der Waals surface area contributed by atoms with E-state index in [1.54, 1.807) is 0 Å². The summed E-state index contributed by atoms with van der Waals surface area (Å²) in [5.41, 5.74) is 8.99. The van der Waals surface area contributed by atoms with Crippen LogP contribution in [0.2, 0.25) is 0 Å². The van der Waals surface area contributed by atoms with Crippen molar-refractivity contribution in [3.05, 3.63) is 164 Å². The molecule has 0 aliphatic carbocycles. The predicted octanol–water partition coefficient (Wildman–Crippen LogP) is 12.5. The van der Waals surface area contributed by atoms with Gasteiger partial charge in [0.05, 0.1) is 0 Å². The Morgan fingerprint density at radius 2 is 0.980 bits per heavy atom. The van der Waals surface area contributed by atoms with Gasteiger partial charge in [0, 0.05) is 58.8 Å². The molecule has 0 atom stereocenters.